The zero-order valence-corrected chi connectivity index (χ0v) is 36.9. The van der Waals surface area contributed by atoms with Crippen LogP contribution < -0.4 is 5.11 Å². The van der Waals surface area contributed by atoms with Gasteiger partial charge in [-0.1, -0.05) is 174 Å². The molecule has 8 nitrogen and oxygen atoms in total. The lowest BCUT2D eigenvalue weighted by Crippen LogP contribution is -2.55. The van der Waals surface area contributed by atoms with Crippen LogP contribution in [0.4, 0.5) is 0 Å². The van der Waals surface area contributed by atoms with Gasteiger partial charge >= 0.3 is 11.9 Å². The summed E-state index contributed by atoms with van der Waals surface area (Å²) in [6.07, 6.45) is 40.8. The van der Waals surface area contributed by atoms with E-state index in [1.807, 2.05) is 0 Å². The summed E-state index contributed by atoms with van der Waals surface area (Å²) in [5, 5.41) is 11.6. The zero-order valence-electron chi connectivity index (χ0n) is 36.9. The molecule has 2 atom stereocenters. The summed E-state index contributed by atoms with van der Waals surface area (Å²) < 4.78 is 17.2. The van der Waals surface area contributed by atoms with Crippen molar-refractivity contribution in [3.05, 3.63) is 12.2 Å². The van der Waals surface area contributed by atoms with Crippen LogP contribution in [-0.2, 0) is 28.6 Å². The number of carbonyl (C=O) groups is 3. The molecule has 0 amide bonds. The monoisotopic (exact) mass is 780 g/mol. The first-order valence-corrected chi connectivity index (χ1v) is 23.2. The van der Waals surface area contributed by atoms with Crippen LogP contribution in [0.25, 0.3) is 0 Å². The summed E-state index contributed by atoms with van der Waals surface area (Å²) in [6, 6.07) is -0.722. The van der Waals surface area contributed by atoms with Crippen molar-refractivity contribution in [1.29, 1.82) is 0 Å². The molecule has 0 saturated carbocycles. The van der Waals surface area contributed by atoms with E-state index in [0.29, 0.717) is 12.8 Å². The molecule has 8 heteroatoms. The number of carbonyl (C=O) groups excluding carboxylic acids is 3. The van der Waals surface area contributed by atoms with E-state index in [1.54, 1.807) is 21.1 Å². The summed E-state index contributed by atoms with van der Waals surface area (Å²) in [5.74, 6) is -1.73. The van der Waals surface area contributed by atoms with Gasteiger partial charge in [0, 0.05) is 19.3 Å². The molecule has 0 aliphatic heterocycles. The van der Waals surface area contributed by atoms with E-state index in [1.165, 1.54) is 148 Å². The highest BCUT2D eigenvalue weighted by Gasteiger charge is 2.25. The van der Waals surface area contributed by atoms with E-state index in [2.05, 4.69) is 26.0 Å². The minimum absolute atomic E-state index is 0.0446. The highest BCUT2D eigenvalue weighted by molar-refractivity contribution is 5.70. The lowest BCUT2D eigenvalue weighted by molar-refractivity contribution is -0.889. The molecule has 0 spiro atoms. The number of quaternary nitrogens is 1. The summed E-state index contributed by atoms with van der Waals surface area (Å²) in [6.45, 7) is 4.68. The molecule has 0 heterocycles. The van der Waals surface area contributed by atoms with Crippen molar-refractivity contribution in [2.24, 2.45) is 0 Å². The normalized spacial score (nSPS) is 13.0. The Kier molecular flexibility index (Phi) is 37.6. The number of esters is 2. The Labute approximate surface area is 339 Å². The first-order valence-electron chi connectivity index (χ1n) is 23.2. The minimum Gasteiger partial charge on any atom is -0.544 e. The van der Waals surface area contributed by atoms with Crippen molar-refractivity contribution in [3.63, 3.8) is 0 Å². The van der Waals surface area contributed by atoms with E-state index >= 15 is 0 Å². The molecular weight excluding hydrogens is 691 g/mol. The lowest BCUT2D eigenvalue weighted by atomic mass is 10.0. The number of likely N-dealkylation sites (N-methyl/N-ethyl adjacent to an activating group) is 1. The Morgan fingerprint density at radius 3 is 1.31 bits per heavy atom. The Morgan fingerprint density at radius 2 is 0.909 bits per heavy atom. The number of unbranched alkanes of at least 4 members (excludes halogenated alkanes) is 26. The Balaban J connectivity index is 4.29. The van der Waals surface area contributed by atoms with Gasteiger partial charge in [-0.25, -0.2) is 0 Å². The van der Waals surface area contributed by atoms with Crippen LogP contribution in [0.15, 0.2) is 12.2 Å². The highest BCUT2D eigenvalue weighted by Crippen LogP contribution is 2.15. The van der Waals surface area contributed by atoms with Crippen LogP contribution in [-0.4, -0.2) is 75.5 Å². The van der Waals surface area contributed by atoms with Crippen LogP contribution >= 0.6 is 0 Å². The average molecular weight is 780 g/mol. The van der Waals surface area contributed by atoms with E-state index in [0.717, 1.165) is 38.5 Å². The minimum atomic E-state index is -1.12. The van der Waals surface area contributed by atoms with E-state index < -0.39 is 18.1 Å². The quantitative estimate of drug-likeness (QED) is 0.0263. The third-order valence-corrected chi connectivity index (χ3v) is 10.7. The summed E-state index contributed by atoms with van der Waals surface area (Å²) in [7, 11) is 5.41. The second-order valence-electron chi connectivity index (χ2n) is 17.0. The van der Waals surface area contributed by atoms with Crippen LogP contribution in [0.5, 0.6) is 0 Å². The number of carboxylic acids is 1. The number of allylic oxidation sites excluding steroid dienone is 2. The Hall–Kier alpha value is -1.93. The van der Waals surface area contributed by atoms with Crippen molar-refractivity contribution >= 4 is 17.9 Å². The third kappa shape index (κ3) is 37.4. The van der Waals surface area contributed by atoms with Crippen LogP contribution in [0.3, 0.4) is 0 Å². The lowest BCUT2D eigenvalue weighted by Gasteiger charge is -2.34. The number of carboxylic acid groups (broad SMARTS) is 1. The highest BCUT2D eigenvalue weighted by atomic mass is 16.6. The number of ether oxygens (including phenoxy) is 3. The fourth-order valence-electron chi connectivity index (χ4n) is 7.01. The smallest absolute Gasteiger partial charge is 0.306 e. The van der Waals surface area contributed by atoms with Gasteiger partial charge in [-0.15, -0.1) is 0 Å². The number of nitrogens with zero attached hydrogens (tertiary/aromatic N) is 1. The second-order valence-corrected chi connectivity index (χ2v) is 17.0. The summed E-state index contributed by atoms with van der Waals surface area (Å²) in [4.78, 5) is 36.9. The van der Waals surface area contributed by atoms with Gasteiger partial charge in [0.15, 0.2) is 6.10 Å². The zero-order chi connectivity index (χ0) is 40.7. The molecule has 0 rings (SSSR count). The molecule has 0 fully saturated rings. The maximum absolute atomic E-state index is 12.7. The van der Waals surface area contributed by atoms with Gasteiger partial charge in [0.1, 0.15) is 12.6 Å². The third-order valence-electron chi connectivity index (χ3n) is 10.7. The predicted molar refractivity (Wildman–Crippen MR) is 227 cm³/mol. The second kappa shape index (κ2) is 38.9. The van der Waals surface area contributed by atoms with Gasteiger partial charge in [-0.05, 0) is 38.5 Å². The van der Waals surface area contributed by atoms with Gasteiger partial charge in [-0.2, -0.15) is 0 Å². The van der Waals surface area contributed by atoms with Crippen LogP contribution in [0, 0.1) is 0 Å². The van der Waals surface area contributed by atoms with E-state index in [4.69, 9.17) is 14.2 Å². The van der Waals surface area contributed by atoms with E-state index in [9.17, 15) is 19.5 Å². The van der Waals surface area contributed by atoms with Gasteiger partial charge in [0.05, 0.1) is 40.3 Å². The average Bonchev–Trinajstić information content (AvgIpc) is 3.14. The maximum atomic E-state index is 12.7. The fourth-order valence-corrected chi connectivity index (χ4v) is 7.01. The first-order chi connectivity index (χ1) is 26.6. The first kappa shape index (κ1) is 53.1. The SMILES string of the molecule is CCCCCCCCC/C=C\CCCCCCCCCC(=O)OC(COCCC(C(=O)[O-])[N+](C)(C)C)COC(=O)CCCCCCCCCCCCCCC. The standard InChI is InChI=1S/C47H89NO7/c1-6-8-10-12-14-16-18-20-21-22-23-24-26-28-30-32-34-36-38-46(50)55-43(41-53-40-39-44(47(51)52)48(3,4)5)42-54-45(49)37-35-33-31-29-27-25-19-17-15-13-11-9-7-2/h21-22,43-44H,6-20,23-42H2,1-5H3/b22-21-. The molecule has 324 valence electrons. The predicted octanol–water partition coefficient (Wildman–Crippen LogP) is 11.4. The number of rotatable bonds is 42. The molecular formula is C47H89NO7. The molecule has 0 aliphatic carbocycles. The van der Waals surface area contributed by atoms with Gasteiger partial charge in [0.2, 0.25) is 0 Å². The molecule has 2 unspecified atom stereocenters. The van der Waals surface area contributed by atoms with E-state index in [-0.39, 0.29) is 42.7 Å². The molecule has 0 bridgehead atoms. The van der Waals surface area contributed by atoms with Gasteiger partial charge in [0.25, 0.3) is 0 Å². The number of hydrogen-bond acceptors (Lipinski definition) is 7. The summed E-state index contributed by atoms with van der Waals surface area (Å²) in [5.41, 5.74) is 0. The molecule has 0 N–H and O–H groups in total. The molecule has 0 aromatic rings. The maximum Gasteiger partial charge on any atom is 0.306 e. The Bertz CT molecular complexity index is 915. The molecule has 0 aromatic heterocycles. The summed E-state index contributed by atoms with van der Waals surface area (Å²) >= 11 is 0. The molecule has 0 aromatic carbocycles. The van der Waals surface area contributed by atoms with Crippen molar-refractivity contribution < 1.29 is 38.2 Å². The van der Waals surface area contributed by atoms with Crippen molar-refractivity contribution in [1.82, 2.24) is 0 Å². The van der Waals surface area contributed by atoms with Crippen molar-refractivity contribution in [2.45, 2.75) is 231 Å². The molecule has 0 radical (unpaired) electrons. The largest absolute Gasteiger partial charge is 0.544 e. The van der Waals surface area contributed by atoms with Crippen molar-refractivity contribution in [2.75, 3.05) is 41.0 Å². The molecule has 0 saturated heterocycles. The Morgan fingerprint density at radius 1 is 0.527 bits per heavy atom. The van der Waals surface area contributed by atoms with Crippen LogP contribution in [0.1, 0.15) is 219 Å². The number of hydrogen-bond donors (Lipinski definition) is 0. The van der Waals surface area contributed by atoms with Crippen molar-refractivity contribution in [3.8, 4) is 0 Å². The van der Waals surface area contributed by atoms with Gasteiger partial charge in [-0.3, -0.25) is 9.59 Å². The number of aliphatic carboxylic acids is 1. The van der Waals surface area contributed by atoms with Gasteiger partial charge < -0.3 is 28.6 Å². The topological polar surface area (TPSA) is 102 Å². The fraction of sp³-hybridized carbons (Fsp3) is 0.894. The molecule has 55 heavy (non-hydrogen) atoms. The van der Waals surface area contributed by atoms with Crippen LogP contribution in [0.2, 0.25) is 0 Å². The molecule has 0 aliphatic rings.